The molecule has 0 spiro atoms. The summed E-state index contributed by atoms with van der Waals surface area (Å²) in [6.07, 6.45) is 3.00. The van der Waals surface area contributed by atoms with Crippen molar-refractivity contribution in [2.75, 3.05) is 12.8 Å². The van der Waals surface area contributed by atoms with Crippen molar-refractivity contribution in [2.24, 2.45) is 0 Å². The van der Waals surface area contributed by atoms with Crippen molar-refractivity contribution in [3.63, 3.8) is 0 Å². The molecule has 7 heteroatoms. The Balaban J connectivity index is 1.75. The van der Waals surface area contributed by atoms with Crippen molar-refractivity contribution in [3.05, 3.63) is 53.2 Å². The molecule has 0 radical (unpaired) electrons. The lowest BCUT2D eigenvalue weighted by Crippen LogP contribution is -2.25. The highest BCUT2D eigenvalue weighted by Crippen LogP contribution is 2.46. The molecule has 1 aromatic heterocycles. The summed E-state index contributed by atoms with van der Waals surface area (Å²) in [5.74, 6) is -0.991. The van der Waals surface area contributed by atoms with Gasteiger partial charge in [-0.1, -0.05) is 6.07 Å². The predicted octanol–water partition coefficient (Wildman–Crippen LogP) is 3.99. The largest absolute Gasteiger partial charge is 0.494 e. The van der Waals surface area contributed by atoms with Gasteiger partial charge in [-0.3, -0.25) is 9.88 Å². The van der Waals surface area contributed by atoms with Crippen molar-refractivity contribution in [2.45, 2.75) is 31.5 Å². The Kier molecular flexibility index (Phi) is 4.03. The van der Waals surface area contributed by atoms with Crippen molar-refractivity contribution < 1.29 is 18.3 Å². The number of halogens is 2. The number of aromatic nitrogens is 1. The second-order valence-electron chi connectivity index (χ2n) is 7.54. The smallest absolute Gasteiger partial charge is 0.165 e. The van der Waals surface area contributed by atoms with E-state index in [0.29, 0.717) is 46.0 Å². The molecule has 5 nitrogen and oxygen atoms in total. The number of ether oxygens (including phenoxy) is 1. The van der Waals surface area contributed by atoms with Crippen LogP contribution in [0.5, 0.6) is 5.75 Å². The Hall–Kier alpha value is -3.06. The van der Waals surface area contributed by atoms with Crippen molar-refractivity contribution in [1.82, 2.24) is 9.88 Å². The molecule has 0 bridgehead atoms. The summed E-state index contributed by atoms with van der Waals surface area (Å²) in [4.78, 5) is 18.7. The van der Waals surface area contributed by atoms with E-state index in [1.165, 1.54) is 31.4 Å². The molecular formula is C22H19F2N3O2. The van der Waals surface area contributed by atoms with Crippen LogP contribution in [0.15, 0.2) is 30.3 Å². The van der Waals surface area contributed by atoms with Crippen LogP contribution in [0.25, 0.3) is 22.0 Å². The maximum absolute atomic E-state index is 14.9. The zero-order chi connectivity index (χ0) is 20.3. The highest BCUT2D eigenvalue weighted by molar-refractivity contribution is 6.02. The molecule has 3 aromatic rings. The zero-order valence-electron chi connectivity index (χ0n) is 15.8. The van der Waals surface area contributed by atoms with Gasteiger partial charge >= 0.3 is 0 Å². The van der Waals surface area contributed by atoms with Gasteiger partial charge in [0.25, 0.3) is 0 Å². The summed E-state index contributed by atoms with van der Waals surface area (Å²) in [6.45, 7) is 0.506. The maximum Gasteiger partial charge on any atom is 0.165 e. The van der Waals surface area contributed by atoms with Gasteiger partial charge in [0.2, 0.25) is 0 Å². The van der Waals surface area contributed by atoms with Crippen LogP contribution in [0.2, 0.25) is 0 Å². The number of methoxy groups -OCH3 is 1. The Morgan fingerprint density at radius 1 is 1.21 bits per heavy atom. The minimum atomic E-state index is -0.529. The van der Waals surface area contributed by atoms with Gasteiger partial charge < -0.3 is 15.3 Å². The lowest BCUT2D eigenvalue weighted by Gasteiger charge is -2.20. The predicted molar refractivity (Wildman–Crippen MR) is 105 cm³/mol. The number of nitrogens with two attached hydrogens (primary N) is 1. The van der Waals surface area contributed by atoms with Crippen LogP contribution in [0.4, 0.5) is 14.5 Å². The number of hydrogen-bond acceptors (Lipinski definition) is 5. The normalized spacial score (nSPS) is 18.8. The van der Waals surface area contributed by atoms with Crippen molar-refractivity contribution in [1.29, 1.82) is 0 Å². The van der Waals surface area contributed by atoms with E-state index in [2.05, 4.69) is 4.90 Å². The number of aldehydes is 1. The van der Waals surface area contributed by atoms with Gasteiger partial charge in [-0.05, 0) is 42.7 Å². The lowest BCUT2D eigenvalue weighted by molar-refractivity contribution is -0.112. The first-order valence-electron chi connectivity index (χ1n) is 9.49. The van der Waals surface area contributed by atoms with E-state index in [1.807, 2.05) is 0 Å². The number of carbonyl (C=O) groups excluding carboxylic acids is 1. The molecule has 1 atom stereocenters. The fourth-order valence-corrected chi connectivity index (χ4v) is 4.28. The first kappa shape index (κ1) is 18.0. The number of carbonyl (C=O) groups is 1. The third-order valence-corrected chi connectivity index (χ3v) is 5.84. The summed E-state index contributed by atoms with van der Waals surface area (Å²) >= 11 is 0. The summed E-state index contributed by atoms with van der Waals surface area (Å²) in [5.41, 5.74) is 9.40. The first-order valence-corrected chi connectivity index (χ1v) is 9.49. The Morgan fingerprint density at radius 3 is 2.66 bits per heavy atom. The summed E-state index contributed by atoms with van der Waals surface area (Å²) in [7, 11) is 1.36. The fourth-order valence-electron chi connectivity index (χ4n) is 4.28. The molecule has 1 aliphatic carbocycles. The van der Waals surface area contributed by atoms with Crippen LogP contribution in [-0.2, 0) is 11.3 Å². The molecule has 2 aliphatic rings. The lowest BCUT2D eigenvalue weighted by atomic mass is 9.97. The van der Waals surface area contributed by atoms with Gasteiger partial charge in [-0.25, -0.2) is 8.78 Å². The molecule has 5 rings (SSSR count). The second kappa shape index (κ2) is 6.49. The summed E-state index contributed by atoms with van der Waals surface area (Å²) < 4.78 is 33.8. The average Bonchev–Trinajstić information content (AvgIpc) is 3.49. The maximum atomic E-state index is 14.9. The van der Waals surface area contributed by atoms with Crippen LogP contribution in [0, 0.1) is 11.6 Å². The number of benzene rings is 2. The van der Waals surface area contributed by atoms with Gasteiger partial charge in [-0.15, -0.1) is 0 Å². The second-order valence-corrected chi connectivity index (χ2v) is 7.54. The standard InChI is InChI=1S/C22H19F2N3O2/c1-29-18-8-11(2-6-14(18)23)19-15(24)7-5-13-21(25)20-16(26-22(13)19)9-27(12-3-4-12)17(20)10-28/h2,5-8,10,12,17H,3-4,9H2,1H3,(H2,25,26). The van der Waals surface area contributed by atoms with Crippen LogP contribution in [0.1, 0.15) is 30.1 Å². The van der Waals surface area contributed by atoms with Crippen LogP contribution < -0.4 is 10.5 Å². The third kappa shape index (κ3) is 2.68. The number of rotatable bonds is 4. The summed E-state index contributed by atoms with van der Waals surface area (Å²) in [6, 6.07) is 7.02. The van der Waals surface area contributed by atoms with E-state index in [4.69, 9.17) is 15.5 Å². The van der Waals surface area contributed by atoms with Gasteiger partial charge in [0.15, 0.2) is 11.6 Å². The molecule has 1 unspecified atom stereocenters. The quantitative estimate of drug-likeness (QED) is 0.677. The number of pyridine rings is 1. The van der Waals surface area contributed by atoms with E-state index in [1.54, 1.807) is 6.07 Å². The fraction of sp³-hybridized carbons (Fsp3) is 0.273. The number of fused-ring (bicyclic) bond motifs is 2. The molecule has 148 valence electrons. The Bertz CT molecular complexity index is 1160. The number of anilines is 1. The number of hydrogen-bond donors (Lipinski definition) is 1. The van der Waals surface area contributed by atoms with Crippen molar-refractivity contribution >= 4 is 22.9 Å². The first-order chi connectivity index (χ1) is 14.0. The number of nitrogens with zero attached hydrogens (tertiary/aromatic N) is 2. The highest BCUT2D eigenvalue weighted by Gasteiger charge is 2.42. The van der Waals surface area contributed by atoms with E-state index >= 15 is 0 Å². The molecule has 2 aromatic carbocycles. The van der Waals surface area contributed by atoms with Gasteiger partial charge in [0.05, 0.1) is 24.4 Å². The van der Waals surface area contributed by atoms with Gasteiger partial charge in [0.1, 0.15) is 12.1 Å². The third-order valence-electron chi connectivity index (χ3n) is 5.84. The Morgan fingerprint density at radius 2 is 1.97 bits per heavy atom. The molecule has 1 aliphatic heterocycles. The van der Waals surface area contributed by atoms with E-state index in [-0.39, 0.29) is 11.3 Å². The van der Waals surface area contributed by atoms with Crippen LogP contribution in [0.3, 0.4) is 0 Å². The molecule has 0 amide bonds. The number of nitrogen functional groups attached to an aromatic ring is 1. The molecule has 0 saturated heterocycles. The van der Waals surface area contributed by atoms with E-state index in [9.17, 15) is 13.6 Å². The Labute approximate surface area is 166 Å². The molecule has 1 fully saturated rings. The minimum Gasteiger partial charge on any atom is -0.494 e. The van der Waals surface area contributed by atoms with Gasteiger partial charge in [-0.2, -0.15) is 0 Å². The molecule has 29 heavy (non-hydrogen) atoms. The SMILES string of the molecule is COc1cc(-c2c(F)ccc3c(N)c4c(nc23)CN(C2CC2)C4C=O)ccc1F. The van der Waals surface area contributed by atoms with Crippen LogP contribution >= 0.6 is 0 Å². The minimum absolute atomic E-state index is 0.0222. The topological polar surface area (TPSA) is 68.5 Å². The van der Waals surface area contributed by atoms with Crippen LogP contribution in [-0.4, -0.2) is 29.3 Å². The summed E-state index contributed by atoms with van der Waals surface area (Å²) in [5, 5.41) is 0.577. The van der Waals surface area contributed by atoms with E-state index in [0.717, 1.165) is 19.1 Å². The molecular weight excluding hydrogens is 376 g/mol. The van der Waals surface area contributed by atoms with Crippen molar-refractivity contribution in [3.8, 4) is 16.9 Å². The monoisotopic (exact) mass is 395 g/mol. The van der Waals surface area contributed by atoms with E-state index < -0.39 is 17.7 Å². The average molecular weight is 395 g/mol. The van der Waals surface area contributed by atoms with Gasteiger partial charge in [0, 0.05) is 34.8 Å². The molecule has 2 heterocycles. The molecule has 1 saturated carbocycles. The zero-order valence-corrected chi connectivity index (χ0v) is 15.8. The molecule has 2 N–H and O–H groups in total. The highest BCUT2D eigenvalue weighted by atomic mass is 19.1.